The number of carbonyl (C=O) groups is 1. The maximum absolute atomic E-state index is 12.9. The molecule has 0 saturated carbocycles. The van der Waals surface area contributed by atoms with Crippen LogP contribution >= 0.6 is 0 Å². The Balaban J connectivity index is 1.42. The Kier molecular flexibility index (Phi) is 7.26. The first-order valence-corrected chi connectivity index (χ1v) is 11.4. The number of nitrogens with one attached hydrogen (secondary N) is 1. The van der Waals surface area contributed by atoms with E-state index in [4.69, 9.17) is 0 Å². The number of aliphatic hydroxyl groups excluding tert-OH is 1. The topological polar surface area (TPSA) is 71.0 Å². The average molecular weight is 518 g/mol. The molecule has 0 unspecified atom stereocenters. The van der Waals surface area contributed by atoms with Gasteiger partial charge in [-0.1, -0.05) is 12.1 Å². The first-order valence-electron chi connectivity index (χ1n) is 11.4. The molecule has 2 N–H and O–H groups in total. The molecule has 0 radical (unpaired) electrons. The molecule has 1 saturated heterocycles. The zero-order valence-corrected chi connectivity index (χ0v) is 19.0. The third-order valence-electron chi connectivity index (χ3n) is 6.33. The van der Waals surface area contributed by atoms with Gasteiger partial charge in [-0.2, -0.15) is 0 Å². The molecule has 1 atom stereocenters. The number of aliphatic hydroxyl groups is 1. The summed E-state index contributed by atoms with van der Waals surface area (Å²) in [5, 5.41) is 12.9. The number of anilines is 2. The van der Waals surface area contributed by atoms with Crippen LogP contribution in [0.15, 0.2) is 36.4 Å². The summed E-state index contributed by atoms with van der Waals surface area (Å²) in [4.78, 5) is 14.6. The van der Waals surface area contributed by atoms with Crippen LogP contribution in [-0.4, -0.2) is 42.9 Å². The second kappa shape index (κ2) is 10.1. The molecular formula is C24H24F6N2O4. The maximum Gasteiger partial charge on any atom is 0.573 e. The minimum Gasteiger partial charge on any atom is -0.402 e. The van der Waals surface area contributed by atoms with Gasteiger partial charge in [0.25, 0.3) is 0 Å². The van der Waals surface area contributed by atoms with Crippen LogP contribution in [0, 0.1) is 5.92 Å². The van der Waals surface area contributed by atoms with Crippen LogP contribution in [0.2, 0.25) is 0 Å². The molecule has 1 heterocycles. The molecule has 0 bridgehead atoms. The number of nitrogens with zero attached hydrogens (tertiary/aromatic N) is 1. The van der Waals surface area contributed by atoms with Crippen LogP contribution in [0.1, 0.15) is 30.4 Å². The fraction of sp³-hybridized carbons (Fsp3) is 0.458. The number of hydrogen-bond acceptors (Lipinski definition) is 5. The smallest absolute Gasteiger partial charge is 0.402 e. The van der Waals surface area contributed by atoms with Crippen LogP contribution < -0.4 is 19.7 Å². The number of rotatable bonds is 5. The summed E-state index contributed by atoms with van der Waals surface area (Å²) < 4.78 is 83.4. The fourth-order valence-electron chi connectivity index (χ4n) is 4.63. The Bertz CT molecular complexity index is 1100. The molecule has 196 valence electrons. The lowest BCUT2D eigenvalue weighted by atomic mass is 9.88. The second-order valence-corrected chi connectivity index (χ2v) is 8.82. The van der Waals surface area contributed by atoms with Crippen molar-refractivity contribution < 1.29 is 45.7 Å². The summed E-state index contributed by atoms with van der Waals surface area (Å²) in [5.74, 6) is -2.76. The number of hydrogen-bond donors (Lipinski definition) is 2. The fourth-order valence-corrected chi connectivity index (χ4v) is 4.63. The number of ether oxygens (including phenoxy) is 2. The molecular weight excluding hydrogens is 494 g/mol. The highest BCUT2D eigenvalue weighted by Gasteiger charge is 2.37. The highest BCUT2D eigenvalue weighted by Crippen LogP contribution is 2.39. The number of piperidine rings is 1. The SMILES string of the molecule is O=C(Nc1cccc2c1C[C@H](O)CC2)C1CCN(c2ccc(OC(F)(F)F)c(OC(F)(F)F)c2)CC1. The Morgan fingerprint density at radius 3 is 2.28 bits per heavy atom. The van der Waals surface area contributed by atoms with Crippen molar-refractivity contribution in [2.45, 2.75) is 50.9 Å². The van der Waals surface area contributed by atoms with Gasteiger partial charge < -0.3 is 24.8 Å². The molecule has 2 aliphatic rings. The van der Waals surface area contributed by atoms with E-state index in [1.807, 2.05) is 12.1 Å². The number of fused-ring (bicyclic) bond motifs is 1. The Labute approximate surface area is 202 Å². The van der Waals surface area contributed by atoms with Gasteiger partial charge in [0, 0.05) is 42.9 Å². The van der Waals surface area contributed by atoms with Gasteiger partial charge in [0.2, 0.25) is 5.91 Å². The maximum atomic E-state index is 12.9. The summed E-state index contributed by atoms with van der Waals surface area (Å²) in [6.45, 7) is 0.600. The zero-order chi connectivity index (χ0) is 26.1. The van der Waals surface area contributed by atoms with Gasteiger partial charge in [0.05, 0.1) is 6.10 Å². The third kappa shape index (κ3) is 6.54. The first-order chi connectivity index (χ1) is 16.9. The van der Waals surface area contributed by atoms with E-state index in [1.54, 1.807) is 11.0 Å². The number of halogens is 6. The van der Waals surface area contributed by atoms with Gasteiger partial charge in [0.15, 0.2) is 11.5 Å². The molecule has 36 heavy (non-hydrogen) atoms. The zero-order valence-electron chi connectivity index (χ0n) is 19.0. The lowest BCUT2D eigenvalue weighted by Gasteiger charge is -2.33. The average Bonchev–Trinajstić information content (AvgIpc) is 2.79. The first kappa shape index (κ1) is 25.9. The van der Waals surface area contributed by atoms with E-state index in [9.17, 15) is 36.2 Å². The van der Waals surface area contributed by atoms with Crippen LogP contribution in [0.4, 0.5) is 37.7 Å². The highest BCUT2D eigenvalue weighted by atomic mass is 19.4. The Morgan fingerprint density at radius 2 is 1.61 bits per heavy atom. The predicted molar refractivity (Wildman–Crippen MR) is 118 cm³/mol. The van der Waals surface area contributed by atoms with Gasteiger partial charge in [-0.15, -0.1) is 26.3 Å². The summed E-state index contributed by atoms with van der Waals surface area (Å²) in [5.41, 5.74) is 2.88. The summed E-state index contributed by atoms with van der Waals surface area (Å²) in [7, 11) is 0. The minimum atomic E-state index is -5.21. The largest absolute Gasteiger partial charge is 0.573 e. The quantitative estimate of drug-likeness (QED) is 0.534. The second-order valence-electron chi connectivity index (χ2n) is 8.82. The van der Waals surface area contributed by atoms with Crippen molar-refractivity contribution in [3.05, 3.63) is 47.5 Å². The normalized spacial score (nSPS) is 19.0. The number of alkyl halides is 6. The molecule has 2 aromatic carbocycles. The molecule has 0 spiro atoms. The molecule has 0 aromatic heterocycles. The predicted octanol–water partition coefficient (Wildman–Crippen LogP) is 5.19. The van der Waals surface area contributed by atoms with Crippen molar-refractivity contribution >= 4 is 17.3 Å². The van der Waals surface area contributed by atoms with Gasteiger partial charge in [-0.25, -0.2) is 0 Å². The Morgan fingerprint density at radius 1 is 0.944 bits per heavy atom. The van der Waals surface area contributed by atoms with Gasteiger partial charge in [0.1, 0.15) is 0 Å². The molecule has 2 aromatic rings. The number of amides is 1. The molecule has 1 amide bonds. The highest BCUT2D eigenvalue weighted by molar-refractivity contribution is 5.93. The molecule has 1 aliphatic heterocycles. The lowest BCUT2D eigenvalue weighted by molar-refractivity contribution is -0.287. The molecule has 12 heteroatoms. The lowest BCUT2D eigenvalue weighted by Crippen LogP contribution is -2.38. The van der Waals surface area contributed by atoms with E-state index in [1.165, 1.54) is 6.07 Å². The van der Waals surface area contributed by atoms with E-state index < -0.39 is 30.3 Å². The van der Waals surface area contributed by atoms with Crippen molar-refractivity contribution in [1.82, 2.24) is 0 Å². The van der Waals surface area contributed by atoms with Gasteiger partial charge >= 0.3 is 12.7 Å². The molecule has 6 nitrogen and oxygen atoms in total. The van der Waals surface area contributed by atoms with E-state index in [-0.39, 0.29) is 17.5 Å². The summed E-state index contributed by atoms with van der Waals surface area (Å²) in [6, 6.07) is 8.44. The summed E-state index contributed by atoms with van der Waals surface area (Å²) in [6.07, 6.45) is -8.22. The summed E-state index contributed by atoms with van der Waals surface area (Å²) >= 11 is 0. The van der Waals surface area contributed by atoms with Gasteiger partial charge in [-0.3, -0.25) is 4.79 Å². The standard InChI is InChI=1S/C24H24F6N2O4/c25-23(26,27)35-20-7-5-16(12-21(20)36-24(28,29)30)32-10-8-15(9-11-32)22(34)31-19-3-1-2-14-4-6-17(33)13-18(14)19/h1-3,5,7,12,15,17,33H,4,6,8-11,13H2,(H,31,34)/t17-/m1/s1. The minimum absolute atomic E-state index is 0.196. The monoisotopic (exact) mass is 518 g/mol. The molecule has 1 aliphatic carbocycles. The van der Waals surface area contributed by atoms with Gasteiger partial charge in [-0.05, 0) is 55.0 Å². The van der Waals surface area contributed by atoms with E-state index >= 15 is 0 Å². The van der Waals surface area contributed by atoms with E-state index in [0.717, 1.165) is 29.7 Å². The van der Waals surface area contributed by atoms with Crippen LogP contribution in [0.3, 0.4) is 0 Å². The van der Waals surface area contributed by atoms with Crippen molar-refractivity contribution in [1.29, 1.82) is 0 Å². The van der Waals surface area contributed by atoms with Crippen molar-refractivity contribution in [3.63, 3.8) is 0 Å². The van der Waals surface area contributed by atoms with Crippen LogP contribution in [0.5, 0.6) is 11.5 Å². The van der Waals surface area contributed by atoms with Crippen LogP contribution in [-0.2, 0) is 17.6 Å². The Hall–Kier alpha value is -3.15. The van der Waals surface area contributed by atoms with Crippen molar-refractivity contribution in [2.75, 3.05) is 23.3 Å². The van der Waals surface area contributed by atoms with E-state index in [2.05, 4.69) is 14.8 Å². The number of benzene rings is 2. The van der Waals surface area contributed by atoms with Crippen molar-refractivity contribution in [3.8, 4) is 11.5 Å². The van der Waals surface area contributed by atoms with E-state index in [0.29, 0.717) is 44.5 Å². The van der Waals surface area contributed by atoms with Crippen molar-refractivity contribution in [2.24, 2.45) is 5.92 Å². The molecule has 4 rings (SSSR count). The number of aryl methyl sites for hydroxylation is 1. The molecule has 1 fully saturated rings. The van der Waals surface area contributed by atoms with Crippen LogP contribution in [0.25, 0.3) is 0 Å². The third-order valence-corrected chi connectivity index (χ3v) is 6.33. The number of carbonyl (C=O) groups excluding carboxylic acids is 1.